The zero-order valence-corrected chi connectivity index (χ0v) is 30.5. The third-order valence-electron chi connectivity index (χ3n) is 13.0. The number of aliphatic hydroxyl groups excluding tert-OH is 3. The largest absolute Gasteiger partial charge is 0.387 e. The Balaban J connectivity index is 0.000000159. The van der Waals surface area contributed by atoms with Gasteiger partial charge in [0.25, 0.3) is 0 Å². The van der Waals surface area contributed by atoms with E-state index in [0.29, 0.717) is 13.2 Å². The Hall–Kier alpha value is -0.740. The highest BCUT2D eigenvalue weighted by Crippen LogP contribution is 2.48. The molecule has 0 amide bonds. The zero-order chi connectivity index (χ0) is 35.1. The van der Waals surface area contributed by atoms with Crippen LogP contribution in [0.4, 0.5) is 0 Å². The minimum Gasteiger partial charge on any atom is -0.387 e. The van der Waals surface area contributed by atoms with Gasteiger partial charge in [0.05, 0.1) is 13.2 Å². The lowest BCUT2D eigenvalue weighted by molar-refractivity contribution is -0.284. The Bertz CT molecular complexity index is 1170. The summed E-state index contributed by atoms with van der Waals surface area (Å²) in [5.74, 6) is -2.15. The third-order valence-corrected chi connectivity index (χ3v) is 13.0. The fourth-order valence-electron chi connectivity index (χ4n) is 10.3. The van der Waals surface area contributed by atoms with E-state index < -0.39 is 60.0 Å². The molecule has 10 atom stereocenters. The van der Waals surface area contributed by atoms with E-state index in [4.69, 9.17) is 42.6 Å². The standard InChI is InChI=1S/C20H32O5.C19H30O7.CH4/c1-2-9-15-18(25-20(23-15)12-7-4-8-13-20)17(21)16-14-22-19(24-16)10-5-3-6-11-19;20-13-15-16(26-19(25-15)9-5-2-6-10-19)14(23-17(13)21)12-11-22-18(24-12)7-3-1-4-8-18;/h2,9,15-18,21H,3-8,10-14H2,1H3;12-17,20-21H,1-11H2;1H4/t15-,16?,17-,18?;12?,13-,14+,15+,16?,17-;/m01./s1. The van der Waals surface area contributed by atoms with Crippen LogP contribution in [0.25, 0.3) is 0 Å². The van der Waals surface area contributed by atoms with Crippen LogP contribution in [0.2, 0.25) is 0 Å². The van der Waals surface area contributed by atoms with Crippen molar-refractivity contribution in [3.05, 3.63) is 12.2 Å². The summed E-state index contributed by atoms with van der Waals surface area (Å²) in [5, 5.41) is 31.7. The summed E-state index contributed by atoms with van der Waals surface area (Å²) in [6.07, 6.45) is 18.9. The Kier molecular flexibility index (Phi) is 12.4. The summed E-state index contributed by atoms with van der Waals surface area (Å²) in [6.45, 7) is 2.84. The van der Waals surface area contributed by atoms with Crippen LogP contribution in [0.15, 0.2) is 12.2 Å². The summed E-state index contributed by atoms with van der Waals surface area (Å²) < 4.78 is 55.6. The van der Waals surface area contributed by atoms with Crippen LogP contribution >= 0.6 is 0 Å². The van der Waals surface area contributed by atoms with Gasteiger partial charge < -0.3 is 58.0 Å². The zero-order valence-electron chi connectivity index (χ0n) is 30.5. The van der Waals surface area contributed by atoms with E-state index in [2.05, 4.69) is 0 Å². The number of hydrogen-bond donors (Lipinski definition) is 3. The van der Waals surface area contributed by atoms with E-state index in [9.17, 15) is 15.3 Å². The lowest BCUT2D eigenvalue weighted by atomic mass is 9.93. The van der Waals surface area contributed by atoms with E-state index in [1.807, 2.05) is 19.1 Å². The lowest BCUT2D eigenvalue weighted by Crippen LogP contribution is -2.60. The van der Waals surface area contributed by atoms with Crippen molar-refractivity contribution < 1.29 is 58.0 Å². The highest BCUT2D eigenvalue weighted by molar-refractivity contribution is 5.05. The average molecular weight is 739 g/mol. The summed E-state index contributed by atoms with van der Waals surface area (Å²) in [6, 6.07) is 0. The molecule has 4 aliphatic carbocycles. The monoisotopic (exact) mass is 738 g/mol. The Morgan fingerprint density at radius 3 is 1.63 bits per heavy atom. The second kappa shape index (κ2) is 16.4. The molecule has 298 valence electrons. The van der Waals surface area contributed by atoms with Gasteiger partial charge in [-0.3, -0.25) is 0 Å². The quantitative estimate of drug-likeness (QED) is 0.306. The van der Waals surface area contributed by atoms with Gasteiger partial charge in [0.1, 0.15) is 54.9 Å². The summed E-state index contributed by atoms with van der Waals surface area (Å²) in [4.78, 5) is 0. The predicted molar refractivity (Wildman–Crippen MR) is 189 cm³/mol. The first-order valence-corrected chi connectivity index (χ1v) is 20.4. The fourth-order valence-corrected chi connectivity index (χ4v) is 10.3. The highest BCUT2D eigenvalue weighted by atomic mass is 16.8. The molecule has 4 spiro atoms. The van der Waals surface area contributed by atoms with Crippen molar-refractivity contribution in [3.8, 4) is 0 Å². The van der Waals surface area contributed by atoms with Crippen molar-refractivity contribution >= 4 is 0 Å². The number of hydrogen-bond acceptors (Lipinski definition) is 12. The summed E-state index contributed by atoms with van der Waals surface area (Å²) in [5.41, 5.74) is 0. The van der Waals surface area contributed by atoms with Gasteiger partial charge in [0, 0.05) is 51.4 Å². The molecule has 52 heavy (non-hydrogen) atoms. The molecule has 0 aromatic carbocycles. The fraction of sp³-hybridized carbons (Fsp3) is 0.950. The second-order valence-corrected chi connectivity index (χ2v) is 16.6. The molecule has 3 N–H and O–H groups in total. The van der Waals surface area contributed by atoms with Crippen LogP contribution in [-0.2, 0) is 42.6 Å². The molecule has 0 aromatic rings. The Morgan fingerprint density at radius 1 is 0.558 bits per heavy atom. The van der Waals surface area contributed by atoms with Crippen molar-refractivity contribution in [2.45, 2.75) is 227 Å². The minimum absolute atomic E-state index is 0. The van der Waals surface area contributed by atoms with Crippen molar-refractivity contribution in [2.24, 2.45) is 0 Å². The van der Waals surface area contributed by atoms with Gasteiger partial charge in [-0.25, -0.2) is 0 Å². The van der Waals surface area contributed by atoms with Gasteiger partial charge in [0.2, 0.25) is 0 Å². The Morgan fingerprint density at radius 2 is 1.06 bits per heavy atom. The van der Waals surface area contributed by atoms with Crippen LogP contribution in [-0.4, -0.2) is 113 Å². The molecule has 9 aliphatic rings. The van der Waals surface area contributed by atoms with Crippen molar-refractivity contribution in [1.29, 1.82) is 0 Å². The molecule has 4 saturated carbocycles. The summed E-state index contributed by atoms with van der Waals surface area (Å²) >= 11 is 0. The van der Waals surface area contributed by atoms with E-state index in [-0.39, 0.29) is 31.8 Å². The molecule has 12 heteroatoms. The number of allylic oxidation sites excluding steroid dienone is 1. The first kappa shape index (κ1) is 39.5. The van der Waals surface area contributed by atoms with Crippen LogP contribution in [0.1, 0.15) is 143 Å². The smallest absolute Gasteiger partial charge is 0.184 e. The number of rotatable bonds is 4. The maximum Gasteiger partial charge on any atom is 0.184 e. The molecule has 0 bridgehead atoms. The normalized spacial score (nSPS) is 42.3. The lowest BCUT2D eigenvalue weighted by Gasteiger charge is -2.40. The third kappa shape index (κ3) is 7.93. The van der Waals surface area contributed by atoms with Crippen LogP contribution in [0.5, 0.6) is 0 Å². The molecule has 4 unspecified atom stereocenters. The van der Waals surface area contributed by atoms with E-state index in [1.54, 1.807) is 0 Å². The average Bonchev–Trinajstić information content (AvgIpc) is 3.93. The van der Waals surface area contributed by atoms with E-state index in [1.165, 1.54) is 25.7 Å². The molecule has 5 saturated heterocycles. The van der Waals surface area contributed by atoms with Crippen LogP contribution < -0.4 is 0 Å². The van der Waals surface area contributed by atoms with Crippen LogP contribution in [0.3, 0.4) is 0 Å². The minimum atomic E-state index is -1.30. The maximum absolute atomic E-state index is 11.0. The molecule has 9 rings (SSSR count). The van der Waals surface area contributed by atoms with Gasteiger partial charge in [-0.15, -0.1) is 0 Å². The molecule has 5 heterocycles. The molecule has 0 radical (unpaired) electrons. The van der Waals surface area contributed by atoms with E-state index >= 15 is 0 Å². The Labute approximate surface area is 310 Å². The molecule has 12 nitrogen and oxygen atoms in total. The first-order chi connectivity index (χ1) is 24.8. The molecule has 5 aliphatic heterocycles. The van der Waals surface area contributed by atoms with Gasteiger partial charge in [-0.1, -0.05) is 45.3 Å². The van der Waals surface area contributed by atoms with Crippen molar-refractivity contribution in [2.75, 3.05) is 13.2 Å². The van der Waals surface area contributed by atoms with Crippen LogP contribution in [0, 0.1) is 0 Å². The SMILES string of the molecule is C.CC=C[C@@H]1OC2(CCCCC2)OC1[C@@H](O)C1COC2(CCCCC2)O1.O[C@H]1[C@H](O)O[C@@H](C2COC3(CCCCC3)O2)C2OC3(CCCCC3)O[C@H]21. The maximum atomic E-state index is 11.0. The van der Waals surface area contributed by atoms with E-state index in [0.717, 1.165) is 103 Å². The first-order valence-electron chi connectivity index (χ1n) is 20.4. The van der Waals surface area contributed by atoms with Gasteiger partial charge in [0.15, 0.2) is 29.4 Å². The second-order valence-electron chi connectivity index (χ2n) is 16.6. The number of fused-ring (bicyclic) bond motifs is 1. The summed E-state index contributed by atoms with van der Waals surface area (Å²) in [7, 11) is 0. The van der Waals surface area contributed by atoms with Gasteiger partial charge in [-0.05, 0) is 58.3 Å². The predicted octanol–water partition coefficient (Wildman–Crippen LogP) is 5.66. The molecular weight excluding hydrogens is 672 g/mol. The molecule has 0 aromatic heterocycles. The topological polar surface area (TPSA) is 144 Å². The molecule has 9 fully saturated rings. The van der Waals surface area contributed by atoms with Gasteiger partial charge >= 0.3 is 0 Å². The van der Waals surface area contributed by atoms with Crippen molar-refractivity contribution in [1.82, 2.24) is 0 Å². The van der Waals surface area contributed by atoms with Crippen molar-refractivity contribution in [3.63, 3.8) is 0 Å². The number of aliphatic hydroxyl groups is 3. The number of ether oxygens (including phenoxy) is 9. The van der Waals surface area contributed by atoms with Gasteiger partial charge in [-0.2, -0.15) is 0 Å². The molecular formula is C40H66O12. The highest BCUT2D eigenvalue weighted by Gasteiger charge is 2.61.